The standard InChI is InChI=1S/C45H27N3O2/c1-4-14-28(15-5-1)31-26-37(40-35-20-10-11-25-38(35)49-39(40)27-31)34-23-12-21-32-33-22-13-24-36(42(33)50-41(32)34)45-47-43(29-16-6-2-7-17-29)46-44(48-45)30-18-8-3-9-19-30/h1-27H/i1D,4D,5D,10D,11D,14D,15D,20D,25D,26D,27D. The first-order valence-corrected chi connectivity index (χ1v) is 15.7. The molecule has 0 radical (unpaired) electrons. The van der Waals surface area contributed by atoms with Crippen LogP contribution in [0, 0.1) is 0 Å². The van der Waals surface area contributed by atoms with Gasteiger partial charge in [-0.1, -0.05) is 139 Å². The fourth-order valence-corrected chi connectivity index (χ4v) is 6.30. The molecule has 0 fully saturated rings. The number of para-hydroxylation sites is 3. The topological polar surface area (TPSA) is 65.0 Å². The van der Waals surface area contributed by atoms with Crippen molar-refractivity contribution in [2.75, 3.05) is 0 Å². The molecule has 0 saturated carbocycles. The fraction of sp³-hybridized carbons (Fsp3) is 0. The van der Waals surface area contributed by atoms with E-state index in [4.69, 9.17) is 36.1 Å². The Morgan fingerprint density at radius 3 is 1.70 bits per heavy atom. The van der Waals surface area contributed by atoms with Crippen molar-refractivity contribution < 1.29 is 23.9 Å². The number of fused-ring (bicyclic) bond motifs is 6. The van der Waals surface area contributed by atoms with Crippen LogP contribution in [0.2, 0.25) is 0 Å². The number of furan rings is 2. The fourth-order valence-electron chi connectivity index (χ4n) is 6.30. The summed E-state index contributed by atoms with van der Waals surface area (Å²) in [7, 11) is 0. The number of aromatic nitrogens is 3. The molecular weight excluding hydrogens is 615 g/mol. The lowest BCUT2D eigenvalue weighted by Crippen LogP contribution is -2.00. The van der Waals surface area contributed by atoms with Gasteiger partial charge in [0, 0.05) is 38.2 Å². The molecule has 0 amide bonds. The van der Waals surface area contributed by atoms with Gasteiger partial charge in [0.15, 0.2) is 17.5 Å². The van der Waals surface area contributed by atoms with E-state index in [9.17, 15) is 2.74 Å². The second kappa shape index (κ2) is 11.4. The van der Waals surface area contributed by atoms with E-state index >= 15 is 0 Å². The van der Waals surface area contributed by atoms with E-state index in [1.165, 1.54) is 0 Å². The Labute approximate surface area is 302 Å². The van der Waals surface area contributed by atoms with E-state index in [-0.39, 0.29) is 44.2 Å². The van der Waals surface area contributed by atoms with Gasteiger partial charge in [-0.15, -0.1) is 0 Å². The van der Waals surface area contributed by atoms with Crippen molar-refractivity contribution in [2.45, 2.75) is 0 Å². The summed E-state index contributed by atoms with van der Waals surface area (Å²) in [6.07, 6.45) is 0. The van der Waals surface area contributed by atoms with Gasteiger partial charge in [-0.3, -0.25) is 0 Å². The summed E-state index contributed by atoms with van der Waals surface area (Å²) < 4.78 is 109. The van der Waals surface area contributed by atoms with Gasteiger partial charge in [-0.25, -0.2) is 15.0 Å². The average Bonchev–Trinajstić information content (AvgIpc) is 3.88. The van der Waals surface area contributed by atoms with Crippen LogP contribution in [0.1, 0.15) is 15.1 Å². The third kappa shape index (κ3) is 4.60. The number of hydrogen-bond donors (Lipinski definition) is 0. The smallest absolute Gasteiger partial charge is 0.167 e. The third-order valence-electron chi connectivity index (χ3n) is 8.56. The molecule has 5 nitrogen and oxygen atoms in total. The Kier molecular flexibility index (Phi) is 4.38. The molecule has 0 aliphatic rings. The van der Waals surface area contributed by atoms with E-state index < -0.39 is 72.0 Å². The van der Waals surface area contributed by atoms with Gasteiger partial charge in [0.2, 0.25) is 0 Å². The summed E-state index contributed by atoms with van der Waals surface area (Å²) >= 11 is 0. The predicted molar refractivity (Wildman–Crippen MR) is 202 cm³/mol. The van der Waals surface area contributed by atoms with E-state index in [1.54, 1.807) is 12.1 Å². The van der Waals surface area contributed by atoms with Crippen molar-refractivity contribution in [3.63, 3.8) is 0 Å². The van der Waals surface area contributed by atoms with E-state index in [1.807, 2.05) is 84.9 Å². The molecule has 0 aliphatic heterocycles. The number of nitrogens with zero attached hydrogens (tertiary/aromatic N) is 3. The highest BCUT2D eigenvalue weighted by atomic mass is 16.3. The summed E-state index contributed by atoms with van der Waals surface area (Å²) in [6, 6.07) is 23.3. The van der Waals surface area contributed by atoms with Crippen LogP contribution < -0.4 is 0 Å². The summed E-state index contributed by atoms with van der Waals surface area (Å²) in [6.45, 7) is 0. The van der Waals surface area contributed by atoms with Gasteiger partial charge in [0.1, 0.15) is 22.3 Å². The highest BCUT2D eigenvalue weighted by Gasteiger charge is 2.22. The van der Waals surface area contributed by atoms with Crippen molar-refractivity contribution in [2.24, 2.45) is 0 Å². The Balaban J connectivity index is 1.32. The highest BCUT2D eigenvalue weighted by Crippen LogP contribution is 2.45. The maximum absolute atomic E-state index is 9.81. The first-order valence-electron chi connectivity index (χ1n) is 21.2. The van der Waals surface area contributed by atoms with Crippen LogP contribution in [0.4, 0.5) is 0 Å². The molecule has 0 bridgehead atoms. The lowest BCUT2D eigenvalue weighted by molar-refractivity contribution is 0.669. The monoisotopic (exact) mass is 652 g/mol. The average molecular weight is 653 g/mol. The quantitative estimate of drug-likeness (QED) is 0.185. The molecule has 10 rings (SSSR count). The summed E-state index contributed by atoms with van der Waals surface area (Å²) in [5.41, 5.74) is 1.65. The van der Waals surface area contributed by atoms with Crippen LogP contribution in [-0.2, 0) is 0 Å². The lowest BCUT2D eigenvalue weighted by atomic mass is 9.93. The van der Waals surface area contributed by atoms with Crippen LogP contribution >= 0.6 is 0 Å². The molecule has 0 aliphatic carbocycles. The van der Waals surface area contributed by atoms with Crippen LogP contribution in [0.3, 0.4) is 0 Å². The Bertz CT molecular complexity index is 3410. The molecular formula is C45H27N3O2. The Morgan fingerprint density at radius 1 is 0.400 bits per heavy atom. The molecule has 7 aromatic carbocycles. The minimum absolute atomic E-state index is 0.000636. The SMILES string of the molecule is [2H]c1c([2H])c([2H])c(-c2c([2H])c(-c3cccc4c3oc3c(-c5nc(-c6ccccc6)nc(-c6ccccc6)n5)cccc34)c3c(oc4c([2H])c([2H])c([2H])c([2H])c43)c2[2H])c([2H])c1[2H]. The van der Waals surface area contributed by atoms with Crippen LogP contribution in [-0.4, -0.2) is 15.0 Å². The van der Waals surface area contributed by atoms with Gasteiger partial charge in [-0.05, 0) is 40.9 Å². The summed E-state index contributed by atoms with van der Waals surface area (Å²) in [4.78, 5) is 14.6. The minimum Gasteiger partial charge on any atom is -0.456 e. The highest BCUT2D eigenvalue weighted by molar-refractivity contribution is 6.19. The third-order valence-corrected chi connectivity index (χ3v) is 8.56. The van der Waals surface area contributed by atoms with Crippen molar-refractivity contribution in [1.82, 2.24) is 15.0 Å². The van der Waals surface area contributed by atoms with Gasteiger partial charge in [0.05, 0.1) is 20.6 Å². The molecule has 0 atom stereocenters. The molecule has 5 heteroatoms. The number of rotatable bonds is 5. The lowest BCUT2D eigenvalue weighted by Gasteiger charge is -2.09. The zero-order valence-electron chi connectivity index (χ0n) is 36.9. The van der Waals surface area contributed by atoms with Crippen molar-refractivity contribution in [3.8, 4) is 56.4 Å². The first kappa shape index (κ1) is 19.2. The van der Waals surface area contributed by atoms with Crippen molar-refractivity contribution in [1.29, 1.82) is 0 Å². The minimum atomic E-state index is -0.670. The Morgan fingerprint density at radius 2 is 1.00 bits per heavy atom. The molecule has 50 heavy (non-hydrogen) atoms. The van der Waals surface area contributed by atoms with Crippen molar-refractivity contribution in [3.05, 3.63) is 164 Å². The normalized spacial score (nSPS) is 14.7. The van der Waals surface area contributed by atoms with Crippen LogP contribution in [0.15, 0.2) is 172 Å². The number of hydrogen-bond acceptors (Lipinski definition) is 5. The molecule has 0 unspecified atom stereocenters. The largest absolute Gasteiger partial charge is 0.456 e. The van der Waals surface area contributed by atoms with E-state index in [0.29, 0.717) is 39.4 Å². The molecule has 0 N–H and O–H groups in total. The summed E-state index contributed by atoms with van der Waals surface area (Å²) in [5.74, 6) is 1.19. The van der Waals surface area contributed by atoms with Gasteiger partial charge in [-0.2, -0.15) is 0 Å². The first-order chi connectivity index (χ1) is 29.4. The molecule has 0 saturated heterocycles. The van der Waals surface area contributed by atoms with Gasteiger partial charge in [0.25, 0.3) is 0 Å². The zero-order valence-corrected chi connectivity index (χ0v) is 25.9. The predicted octanol–water partition coefficient (Wildman–Crippen LogP) is 12.0. The summed E-state index contributed by atoms with van der Waals surface area (Å²) in [5, 5.41) is 1.16. The second-order valence-corrected chi connectivity index (χ2v) is 11.5. The molecule has 0 spiro atoms. The molecule has 3 aromatic heterocycles. The molecule has 234 valence electrons. The van der Waals surface area contributed by atoms with Gasteiger partial charge >= 0.3 is 0 Å². The maximum atomic E-state index is 9.81. The van der Waals surface area contributed by atoms with E-state index in [0.717, 1.165) is 11.1 Å². The van der Waals surface area contributed by atoms with Crippen LogP contribution in [0.25, 0.3) is 100 Å². The molecule has 10 aromatic rings. The maximum Gasteiger partial charge on any atom is 0.167 e. The second-order valence-electron chi connectivity index (χ2n) is 11.5. The van der Waals surface area contributed by atoms with E-state index in [2.05, 4.69) is 0 Å². The Hall–Kier alpha value is -6.85. The van der Waals surface area contributed by atoms with Crippen LogP contribution in [0.5, 0.6) is 0 Å². The number of benzene rings is 7. The van der Waals surface area contributed by atoms with Gasteiger partial charge < -0.3 is 8.83 Å². The molecule has 3 heterocycles. The van der Waals surface area contributed by atoms with Crippen molar-refractivity contribution >= 4 is 43.9 Å². The zero-order chi connectivity index (χ0) is 42.6.